The van der Waals surface area contributed by atoms with Gasteiger partial charge >= 0.3 is 5.63 Å². The topological polar surface area (TPSA) is 70.7 Å². The lowest BCUT2D eigenvalue weighted by Crippen LogP contribution is -2.21. The Kier molecular flexibility index (Phi) is 6.00. The van der Waals surface area contributed by atoms with Gasteiger partial charge in [-0.05, 0) is 57.3 Å². The van der Waals surface area contributed by atoms with Crippen molar-refractivity contribution in [3.8, 4) is 11.5 Å². The molecule has 35 heavy (non-hydrogen) atoms. The minimum absolute atomic E-state index is 0.0275. The molecule has 182 valence electrons. The molecule has 3 aromatic carbocycles. The number of benzene rings is 3. The molecule has 0 saturated heterocycles. The van der Waals surface area contributed by atoms with Crippen LogP contribution in [0.5, 0.6) is 11.5 Å². The van der Waals surface area contributed by atoms with E-state index in [1.807, 2.05) is 53.7 Å². The smallest absolute Gasteiger partial charge is 0.344 e. The molecule has 1 unspecified atom stereocenters. The second kappa shape index (κ2) is 8.56. The number of fused-ring (bicyclic) bond motifs is 1. The number of hydrogen-bond donors (Lipinski definition) is 2. The first-order valence-corrected chi connectivity index (χ1v) is 11.7. The van der Waals surface area contributed by atoms with Gasteiger partial charge in [0.15, 0.2) is 0 Å². The van der Waals surface area contributed by atoms with Crippen molar-refractivity contribution in [2.24, 2.45) is 0 Å². The highest BCUT2D eigenvalue weighted by atomic mass is 19.1. The fourth-order valence-corrected chi connectivity index (χ4v) is 4.58. The number of rotatable bonds is 3. The van der Waals surface area contributed by atoms with Crippen molar-refractivity contribution >= 4 is 11.0 Å². The number of para-hydroxylation sites is 1. The van der Waals surface area contributed by atoms with Crippen LogP contribution >= 0.6 is 0 Å². The normalized spacial score (nSPS) is 13.2. The van der Waals surface area contributed by atoms with E-state index in [-0.39, 0.29) is 22.6 Å². The molecular weight excluding hydrogens is 443 g/mol. The van der Waals surface area contributed by atoms with E-state index in [0.717, 1.165) is 0 Å². The van der Waals surface area contributed by atoms with Crippen LogP contribution in [0.1, 0.15) is 75.3 Å². The molecule has 0 aliphatic heterocycles. The molecule has 0 spiro atoms. The summed E-state index contributed by atoms with van der Waals surface area (Å²) in [6.07, 6.45) is 0. The van der Waals surface area contributed by atoms with Crippen LogP contribution in [0.15, 0.2) is 69.9 Å². The van der Waals surface area contributed by atoms with Gasteiger partial charge in [0.2, 0.25) is 0 Å². The van der Waals surface area contributed by atoms with Crippen molar-refractivity contribution in [3.63, 3.8) is 0 Å². The lowest BCUT2D eigenvalue weighted by molar-refractivity contribution is 0.422. The third kappa shape index (κ3) is 4.55. The second-order valence-corrected chi connectivity index (χ2v) is 11.1. The SMILES string of the molecule is CC(C)(C)c1cc(C(c2cccc(F)c2)c2c(O)c3ccccc3oc2=O)cc(C(C)(C)C)c1O. The Hall–Kier alpha value is -3.60. The standard InChI is InChI=1S/C30H31FO4/c1-29(2,3)21-15-18(16-22(27(21)33)30(4,5)6)24(17-10-9-11-19(31)14-17)25-26(32)20-12-7-8-13-23(20)35-28(25)34/h7-16,24,32-33H,1-6H3. The van der Waals surface area contributed by atoms with Crippen LogP contribution < -0.4 is 5.63 Å². The molecule has 0 radical (unpaired) electrons. The van der Waals surface area contributed by atoms with Gasteiger partial charge in [-0.3, -0.25) is 0 Å². The predicted molar refractivity (Wildman–Crippen MR) is 137 cm³/mol. The fourth-order valence-electron chi connectivity index (χ4n) is 4.58. The number of halogens is 1. The zero-order valence-corrected chi connectivity index (χ0v) is 20.9. The van der Waals surface area contributed by atoms with Crippen LogP contribution in [0.2, 0.25) is 0 Å². The van der Waals surface area contributed by atoms with Gasteiger partial charge in [0.1, 0.15) is 22.9 Å². The molecule has 0 saturated carbocycles. The maximum Gasteiger partial charge on any atom is 0.344 e. The van der Waals surface area contributed by atoms with Crippen LogP contribution in [-0.2, 0) is 10.8 Å². The quantitative estimate of drug-likeness (QED) is 0.310. The Bertz CT molecular complexity index is 1430. The zero-order valence-electron chi connectivity index (χ0n) is 20.9. The molecule has 0 fully saturated rings. The minimum atomic E-state index is -0.825. The summed E-state index contributed by atoms with van der Waals surface area (Å²) in [5.41, 5.74) is 1.32. The largest absolute Gasteiger partial charge is 0.507 e. The Morgan fingerprint density at radius 2 is 1.37 bits per heavy atom. The number of hydrogen-bond acceptors (Lipinski definition) is 4. The van der Waals surface area contributed by atoms with Crippen LogP contribution in [0, 0.1) is 5.82 Å². The number of phenolic OH excluding ortho intramolecular Hbond substituents is 1. The average Bonchev–Trinajstić information content (AvgIpc) is 2.75. The number of phenols is 1. The summed E-state index contributed by atoms with van der Waals surface area (Å²) in [5, 5.41) is 22.9. The predicted octanol–water partition coefficient (Wildman–Crippen LogP) is 7.12. The minimum Gasteiger partial charge on any atom is -0.507 e. The summed E-state index contributed by atoms with van der Waals surface area (Å²) in [7, 11) is 0. The highest BCUT2D eigenvalue weighted by molar-refractivity contribution is 5.84. The van der Waals surface area contributed by atoms with Crippen LogP contribution in [0.4, 0.5) is 4.39 Å². The van der Waals surface area contributed by atoms with E-state index in [0.29, 0.717) is 27.6 Å². The van der Waals surface area contributed by atoms with Gasteiger partial charge in [-0.1, -0.05) is 77.9 Å². The molecule has 5 heteroatoms. The second-order valence-electron chi connectivity index (χ2n) is 11.1. The summed E-state index contributed by atoms with van der Waals surface area (Å²) in [6, 6.07) is 16.4. The third-order valence-electron chi connectivity index (χ3n) is 6.37. The van der Waals surface area contributed by atoms with Gasteiger partial charge in [0.05, 0.1) is 10.9 Å². The molecule has 4 nitrogen and oxygen atoms in total. The van der Waals surface area contributed by atoms with E-state index in [2.05, 4.69) is 0 Å². The summed E-state index contributed by atoms with van der Waals surface area (Å²) < 4.78 is 20.0. The Morgan fingerprint density at radius 3 is 1.94 bits per heavy atom. The molecule has 0 aliphatic rings. The van der Waals surface area contributed by atoms with Crippen molar-refractivity contribution in [2.75, 3.05) is 0 Å². The summed E-state index contributed by atoms with van der Waals surface area (Å²) >= 11 is 0. The van der Waals surface area contributed by atoms with E-state index >= 15 is 0 Å². The van der Waals surface area contributed by atoms with Crippen LogP contribution in [0.3, 0.4) is 0 Å². The van der Waals surface area contributed by atoms with Gasteiger partial charge < -0.3 is 14.6 Å². The summed E-state index contributed by atoms with van der Waals surface area (Å²) in [5.74, 6) is -1.28. The molecule has 1 heterocycles. The van der Waals surface area contributed by atoms with E-state index in [1.165, 1.54) is 12.1 Å². The molecule has 2 N–H and O–H groups in total. The summed E-state index contributed by atoms with van der Waals surface area (Å²) in [6.45, 7) is 12.0. The van der Waals surface area contributed by atoms with E-state index in [9.17, 15) is 19.4 Å². The lowest BCUT2D eigenvalue weighted by atomic mass is 9.75. The molecule has 1 aromatic heterocycles. The van der Waals surface area contributed by atoms with Gasteiger partial charge in [0, 0.05) is 5.92 Å². The monoisotopic (exact) mass is 474 g/mol. The Labute approximate surface area is 204 Å². The zero-order chi connectivity index (χ0) is 25.7. The van der Waals surface area contributed by atoms with Crippen molar-refractivity contribution in [1.82, 2.24) is 0 Å². The maximum absolute atomic E-state index is 14.4. The molecular formula is C30H31FO4. The highest BCUT2D eigenvalue weighted by Gasteiger charge is 2.32. The lowest BCUT2D eigenvalue weighted by Gasteiger charge is -2.30. The van der Waals surface area contributed by atoms with Crippen LogP contribution in [-0.4, -0.2) is 10.2 Å². The maximum atomic E-state index is 14.4. The first kappa shape index (κ1) is 24.5. The van der Waals surface area contributed by atoms with Crippen molar-refractivity contribution < 1.29 is 19.0 Å². The first-order valence-electron chi connectivity index (χ1n) is 11.7. The molecule has 1 atom stereocenters. The molecule has 4 rings (SSSR count). The van der Waals surface area contributed by atoms with E-state index < -0.39 is 28.2 Å². The van der Waals surface area contributed by atoms with Crippen molar-refractivity contribution in [3.05, 3.63) is 105 Å². The average molecular weight is 475 g/mol. The first-order chi connectivity index (χ1) is 16.3. The van der Waals surface area contributed by atoms with Crippen molar-refractivity contribution in [1.29, 1.82) is 0 Å². The third-order valence-corrected chi connectivity index (χ3v) is 6.37. The number of aromatic hydroxyl groups is 2. The fraction of sp³-hybridized carbons (Fsp3) is 0.300. The van der Waals surface area contributed by atoms with Crippen molar-refractivity contribution in [2.45, 2.75) is 58.3 Å². The van der Waals surface area contributed by atoms with Gasteiger partial charge in [0.25, 0.3) is 0 Å². The van der Waals surface area contributed by atoms with Gasteiger partial charge in [-0.2, -0.15) is 0 Å². The van der Waals surface area contributed by atoms with E-state index in [4.69, 9.17) is 4.42 Å². The molecule has 0 amide bonds. The molecule has 0 aliphatic carbocycles. The van der Waals surface area contributed by atoms with Gasteiger partial charge in [-0.25, -0.2) is 9.18 Å². The highest BCUT2D eigenvalue weighted by Crippen LogP contribution is 2.45. The Morgan fingerprint density at radius 1 is 0.771 bits per heavy atom. The van der Waals surface area contributed by atoms with Crippen LogP contribution in [0.25, 0.3) is 11.0 Å². The Balaban J connectivity index is 2.14. The summed E-state index contributed by atoms with van der Waals surface area (Å²) in [4.78, 5) is 13.3. The van der Waals surface area contributed by atoms with E-state index in [1.54, 1.807) is 36.4 Å². The molecule has 0 bridgehead atoms. The molecule has 4 aromatic rings. The van der Waals surface area contributed by atoms with Gasteiger partial charge in [-0.15, -0.1) is 0 Å².